The molecule has 0 aliphatic carbocycles. The predicted octanol–water partition coefficient (Wildman–Crippen LogP) is 2.96. The molecular weight excluding hydrogens is 293 g/mol. The number of aryl methyl sites for hydroxylation is 1. The molecule has 0 spiro atoms. The molecule has 1 aliphatic heterocycles. The lowest BCUT2D eigenvalue weighted by molar-refractivity contribution is -0.113. The molecule has 1 aliphatic rings. The number of benzene rings is 1. The summed E-state index contributed by atoms with van der Waals surface area (Å²) in [6, 6.07) is 3.84. The van der Waals surface area contributed by atoms with Gasteiger partial charge in [-0.05, 0) is 24.6 Å². The average Bonchev–Trinajstić information content (AvgIpc) is 2.44. The fourth-order valence-electron chi connectivity index (χ4n) is 1.50. The van der Waals surface area contributed by atoms with E-state index in [-0.39, 0.29) is 17.5 Å². The molecule has 0 unspecified atom stereocenters. The first-order valence-electron chi connectivity index (χ1n) is 6.00. The topological polar surface area (TPSA) is 70.9 Å². The number of carbonyl (C=O) groups is 2. The molecule has 0 saturated carbocycles. The average molecular weight is 305 g/mol. The standard InChI is InChI=1S/C14H12FN3O2S/c1-8-3-4-10(5-11(8)15)17-12(19)7-21-13-9(2)6-16-14(20)18-13/h3-6H,2,7H2,1H3,(H,17,19). The monoisotopic (exact) mass is 305 g/mol. The van der Waals surface area contributed by atoms with Crippen molar-refractivity contribution in [1.29, 1.82) is 0 Å². The second kappa shape index (κ2) is 6.45. The van der Waals surface area contributed by atoms with Crippen molar-refractivity contribution in [2.45, 2.75) is 6.92 Å². The zero-order chi connectivity index (χ0) is 15.4. The molecule has 0 fully saturated rings. The highest BCUT2D eigenvalue weighted by molar-refractivity contribution is 8.15. The Kier molecular flexibility index (Phi) is 4.64. The van der Waals surface area contributed by atoms with Gasteiger partial charge in [-0.1, -0.05) is 24.4 Å². The minimum atomic E-state index is -0.620. The Balaban J connectivity index is 1.92. The SMILES string of the molecule is C=C1C=NC(=O)N=C1SCC(=O)Nc1ccc(C)c(F)c1. The number of rotatable bonds is 3. The van der Waals surface area contributed by atoms with Crippen LogP contribution in [0.4, 0.5) is 14.9 Å². The quantitative estimate of drug-likeness (QED) is 0.933. The summed E-state index contributed by atoms with van der Waals surface area (Å²) >= 11 is 1.08. The van der Waals surface area contributed by atoms with Crippen molar-refractivity contribution in [2.24, 2.45) is 9.98 Å². The molecule has 108 valence electrons. The molecule has 21 heavy (non-hydrogen) atoms. The van der Waals surface area contributed by atoms with E-state index in [2.05, 4.69) is 21.9 Å². The number of thioether (sulfide) groups is 1. The molecule has 3 amide bonds. The summed E-state index contributed by atoms with van der Waals surface area (Å²) in [7, 11) is 0. The molecule has 7 heteroatoms. The van der Waals surface area contributed by atoms with Crippen molar-refractivity contribution < 1.29 is 14.0 Å². The van der Waals surface area contributed by atoms with E-state index < -0.39 is 6.03 Å². The number of halogens is 1. The summed E-state index contributed by atoms with van der Waals surface area (Å²) < 4.78 is 13.4. The van der Waals surface area contributed by atoms with E-state index in [0.717, 1.165) is 11.8 Å². The number of hydrogen-bond donors (Lipinski definition) is 1. The number of anilines is 1. The van der Waals surface area contributed by atoms with Gasteiger partial charge in [-0.2, -0.15) is 9.98 Å². The fraction of sp³-hybridized carbons (Fsp3) is 0.143. The Labute approximate surface area is 125 Å². The van der Waals surface area contributed by atoms with Crippen LogP contribution in [0.2, 0.25) is 0 Å². The lowest BCUT2D eigenvalue weighted by Crippen LogP contribution is -2.17. The smallest absolute Gasteiger partial charge is 0.325 e. The molecule has 1 aromatic carbocycles. The van der Waals surface area contributed by atoms with Gasteiger partial charge in [0.1, 0.15) is 10.9 Å². The molecule has 0 bridgehead atoms. The summed E-state index contributed by atoms with van der Waals surface area (Å²) in [5, 5.41) is 2.93. The Bertz CT molecular complexity index is 683. The number of aliphatic imine (C=N–C) groups is 2. The van der Waals surface area contributed by atoms with E-state index >= 15 is 0 Å². The van der Waals surface area contributed by atoms with Crippen LogP contribution < -0.4 is 5.32 Å². The second-order valence-corrected chi connectivity index (χ2v) is 5.25. The molecular formula is C14H12FN3O2S. The van der Waals surface area contributed by atoms with Gasteiger partial charge in [0, 0.05) is 17.5 Å². The third kappa shape index (κ3) is 4.09. The number of carbonyl (C=O) groups excluding carboxylic acids is 2. The van der Waals surface area contributed by atoms with Gasteiger partial charge in [0.25, 0.3) is 0 Å². The van der Waals surface area contributed by atoms with Crippen LogP contribution in [0, 0.1) is 12.7 Å². The highest BCUT2D eigenvalue weighted by Gasteiger charge is 2.14. The minimum Gasteiger partial charge on any atom is -0.325 e. The maximum atomic E-state index is 13.4. The largest absolute Gasteiger partial charge is 0.368 e. The summed E-state index contributed by atoms with van der Waals surface area (Å²) in [6.07, 6.45) is 1.31. The predicted molar refractivity (Wildman–Crippen MR) is 82.7 cm³/mol. The van der Waals surface area contributed by atoms with Crippen molar-refractivity contribution in [3.05, 3.63) is 41.7 Å². The maximum absolute atomic E-state index is 13.4. The Morgan fingerprint density at radius 1 is 1.48 bits per heavy atom. The zero-order valence-electron chi connectivity index (χ0n) is 11.2. The first-order chi connectivity index (χ1) is 9.95. The van der Waals surface area contributed by atoms with Crippen LogP contribution >= 0.6 is 11.8 Å². The Hall–Kier alpha value is -2.28. The van der Waals surface area contributed by atoms with Crippen LogP contribution in [0.25, 0.3) is 0 Å². The lowest BCUT2D eigenvalue weighted by Gasteiger charge is -2.09. The van der Waals surface area contributed by atoms with Gasteiger partial charge in [0.05, 0.1) is 5.75 Å². The van der Waals surface area contributed by atoms with Crippen LogP contribution in [0.3, 0.4) is 0 Å². The third-order valence-electron chi connectivity index (χ3n) is 2.60. The molecule has 1 aromatic rings. The number of nitrogens with zero attached hydrogens (tertiary/aromatic N) is 2. The number of nitrogens with one attached hydrogen (secondary N) is 1. The van der Waals surface area contributed by atoms with E-state index in [9.17, 15) is 14.0 Å². The Morgan fingerprint density at radius 3 is 2.95 bits per heavy atom. The van der Waals surface area contributed by atoms with Gasteiger partial charge in [-0.25, -0.2) is 9.18 Å². The first-order valence-corrected chi connectivity index (χ1v) is 6.99. The Morgan fingerprint density at radius 2 is 2.24 bits per heavy atom. The van der Waals surface area contributed by atoms with E-state index in [0.29, 0.717) is 21.9 Å². The van der Waals surface area contributed by atoms with Crippen LogP contribution in [-0.4, -0.2) is 28.9 Å². The molecule has 5 nitrogen and oxygen atoms in total. The van der Waals surface area contributed by atoms with Crippen molar-refractivity contribution in [3.8, 4) is 0 Å². The highest BCUT2D eigenvalue weighted by Crippen LogP contribution is 2.17. The van der Waals surface area contributed by atoms with Gasteiger partial charge >= 0.3 is 6.03 Å². The van der Waals surface area contributed by atoms with Gasteiger partial charge < -0.3 is 5.32 Å². The lowest BCUT2D eigenvalue weighted by atomic mass is 10.2. The van der Waals surface area contributed by atoms with Crippen LogP contribution in [-0.2, 0) is 4.79 Å². The summed E-state index contributed by atoms with van der Waals surface area (Å²) in [4.78, 5) is 30.0. The summed E-state index contributed by atoms with van der Waals surface area (Å²) in [6.45, 7) is 5.32. The number of urea groups is 1. The summed E-state index contributed by atoms with van der Waals surface area (Å²) in [5.41, 5.74) is 1.37. The molecule has 2 rings (SSSR count). The van der Waals surface area contributed by atoms with Crippen molar-refractivity contribution >= 4 is 40.6 Å². The van der Waals surface area contributed by atoms with Crippen molar-refractivity contribution in [1.82, 2.24) is 0 Å². The normalized spacial score (nSPS) is 14.1. The van der Waals surface area contributed by atoms with Gasteiger partial charge in [-0.15, -0.1) is 0 Å². The van der Waals surface area contributed by atoms with E-state index in [1.54, 1.807) is 19.1 Å². The van der Waals surface area contributed by atoms with Gasteiger partial charge in [0.15, 0.2) is 0 Å². The van der Waals surface area contributed by atoms with E-state index in [4.69, 9.17) is 0 Å². The fourth-order valence-corrected chi connectivity index (χ4v) is 2.22. The van der Waals surface area contributed by atoms with Crippen LogP contribution in [0.15, 0.2) is 40.3 Å². The van der Waals surface area contributed by atoms with Gasteiger partial charge in [-0.3, -0.25) is 4.79 Å². The molecule has 0 radical (unpaired) electrons. The number of amides is 3. The zero-order valence-corrected chi connectivity index (χ0v) is 12.0. The summed E-state index contributed by atoms with van der Waals surface area (Å²) in [5.74, 6) is -0.671. The highest BCUT2D eigenvalue weighted by atomic mass is 32.2. The van der Waals surface area contributed by atoms with Gasteiger partial charge in [0.2, 0.25) is 5.91 Å². The maximum Gasteiger partial charge on any atom is 0.368 e. The molecule has 1 N–H and O–H groups in total. The molecule has 0 aromatic heterocycles. The van der Waals surface area contributed by atoms with Crippen LogP contribution in [0.5, 0.6) is 0 Å². The minimum absolute atomic E-state index is 0.0362. The third-order valence-corrected chi connectivity index (χ3v) is 3.63. The second-order valence-electron chi connectivity index (χ2n) is 4.28. The van der Waals surface area contributed by atoms with Crippen LogP contribution in [0.1, 0.15) is 5.56 Å². The van der Waals surface area contributed by atoms with E-state index in [1.165, 1.54) is 12.3 Å². The molecule has 0 atom stereocenters. The van der Waals surface area contributed by atoms with Crippen molar-refractivity contribution in [3.63, 3.8) is 0 Å². The number of hydrogen-bond acceptors (Lipinski definition) is 3. The van der Waals surface area contributed by atoms with E-state index in [1.807, 2.05) is 0 Å². The first kappa shape index (κ1) is 15.1. The van der Waals surface area contributed by atoms with Crippen molar-refractivity contribution in [2.75, 3.05) is 11.1 Å². The molecule has 1 heterocycles. The molecule has 0 saturated heterocycles.